The van der Waals surface area contributed by atoms with Gasteiger partial charge in [-0.1, -0.05) is 24.1 Å². The van der Waals surface area contributed by atoms with Crippen LogP contribution in [0.2, 0.25) is 0 Å². The molecule has 0 aliphatic carbocycles. The molecular formula is C18H27NO. The van der Waals surface area contributed by atoms with Gasteiger partial charge in [0.15, 0.2) is 5.78 Å². The van der Waals surface area contributed by atoms with Crippen molar-refractivity contribution in [2.24, 2.45) is 0 Å². The van der Waals surface area contributed by atoms with E-state index in [4.69, 9.17) is 0 Å². The van der Waals surface area contributed by atoms with Crippen molar-refractivity contribution in [1.29, 1.82) is 0 Å². The molecule has 2 heteroatoms. The van der Waals surface area contributed by atoms with Gasteiger partial charge in [0.25, 0.3) is 0 Å². The summed E-state index contributed by atoms with van der Waals surface area (Å²) in [6, 6.07) is 5.27. The smallest absolute Gasteiger partial charge is 0.177 e. The van der Waals surface area contributed by atoms with Gasteiger partial charge in [-0.05, 0) is 58.6 Å². The summed E-state index contributed by atoms with van der Waals surface area (Å²) >= 11 is 0. The predicted octanol–water partition coefficient (Wildman–Crippen LogP) is 4.06. The van der Waals surface area contributed by atoms with E-state index in [2.05, 4.69) is 51.7 Å². The van der Waals surface area contributed by atoms with Gasteiger partial charge in [-0.3, -0.25) is 9.69 Å². The lowest BCUT2D eigenvalue weighted by Gasteiger charge is -2.38. The van der Waals surface area contributed by atoms with Gasteiger partial charge in [-0.25, -0.2) is 0 Å². The molecule has 0 unspecified atom stereocenters. The molecule has 0 radical (unpaired) electrons. The summed E-state index contributed by atoms with van der Waals surface area (Å²) in [5.74, 6) is 0.278. The zero-order valence-electron chi connectivity index (χ0n) is 13.5. The third kappa shape index (κ3) is 3.12. The number of aryl methyl sites for hydroxylation is 3. The first kappa shape index (κ1) is 15.2. The minimum Gasteiger partial charge on any atom is -0.293 e. The lowest BCUT2D eigenvalue weighted by molar-refractivity contribution is 0.0733. The van der Waals surface area contributed by atoms with Crippen molar-refractivity contribution >= 4 is 5.78 Å². The monoisotopic (exact) mass is 273 g/mol. The van der Waals surface area contributed by atoms with E-state index in [1.807, 2.05) is 0 Å². The molecule has 2 nitrogen and oxygen atoms in total. The molecule has 1 saturated heterocycles. The van der Waals surface area contributed by atoms with Gasteiger partial charge in [0, 0.05) is 17.6 Å². The number of hydrogen-bond donors (Lipinski definition) is 0. The number of nitrogens with zero attached hydrogens (tertiary/aromatic N) is 1. The van der Waals surface area contributed by atoms with E-state index >= 15 is 0 Å². The molecule has 0 saturated carbocycles. The Kier molecular flexibility index (Phi) is 4.64. The van der Waals surface area contributed by atoms with Crippen LogP contribution >= 0.6 is 0 Å². The molecule has 1 aromatic rings. The van der Waals surface area contributed by atoms with Gasteiger partial charge >= 0.3 is 0 Å². The number of benzene rings is 1. The van der Waals surface area contributed by atoms with Gasteiger partial charge in [0.05, 0.1) is 6.54 Å². The van der Waals surface area contributed by atoms with E-state index in [0.29, 0.717) is 18.6 Å². The third-order valence-electron chi connectivity index (χ3n) is 4.66. The Morgan fingerprint density at radius 3 is 2.10 bits per heavy atom. The quantitative estimate of drug-likeness (QED) is 0.774. The highest BCUT2D eigenvalue weighted by molar-refractivity contribution is 6.00. The molecule has 1 fully saturated rings. The van der Waals surface area contributed by atoms with Gasteiger partial charge < -0.3 is 0 Å². The van der Waals surface area contributed by atoms with E-state index in [1.165, 1.54) is 24.8 Å². The van der Waals surface area contributed by atoms with Crippen LogP contribution in [0.3, 0.4) is 0 Å². The number of hydrogen-bond acceptors (Lipinski definition) is 2. The van der Waals surface area contributed by atoms with Gasteiger partial charge in [0.2, 0.25) is 0 Å². The lowest BCUT2D eigenvalue weighted by Crippen LogP contribution is -2.46. The van der Waals surface area contributed by atoms with Crippen molar-refractivity contribution < 1.29 is 4.79 Å². The van der Waals surface area contributed by atoms with Crippen LogP contribution in [0, 0.1) is 20.8 Å². The molecule has 0 amide bonds. The molecule has 0 bridgehead atoms. The van der Waals surface area contributed by atoms with E-state index in [1.54, 1.807) is 0 Å². The maximum absolute atomic E-state index is 12.7. The first-order valence-corrected chi connectivity index (χ1v) is 7.77. The highest BCUT2D eigenvalue weighted by Gasteiger charge is 2.27. The third-order valence-corrected chi connectivity index (χ3v) is 4.66. The topological polar surface area (TPSA) is 20.3 Å². The Morgan fingerprint density at radius 1 is 1.10 bits per heavy atom. The number of likely N-dealkylation sites (tertiary alicyclic amines) is 1. The maximum atomic E-state index is 12.7. The van der Waals surface area contributed by atoms with Crippen LogP contribution in [-0.4, -0.2) is 29.3 Å². The second kappa shape index (κ2) is 6.09. The minimum atomic E-state index is 0.278. The Bertz CT molecular complexity index is 473. The summed E-state index contributed by atoms with van der Waals surface area (Å²) in [6.45, 7) is 11.2. The number of ketones is 1. The molecule has 1 aliphatic heterocycles. The highest BCUT2D eigenvalue weighted by atomic mass is 16.1. The van der Waals surface area contributed by atoms with Crippen LogP contribution in [0.5, 0.6) is 0 Å². The Morgan fingerprint density at radius 2 is 1.60 bits per heavy atom. The molecule has 0 spiro atoms. The molecule has 0 aromatic heterocycles. The van der Waals surface area contributed by atoms with Gasteiger partial charge in [-0.2, -0.15) is 0 Å². The van der Waals surface area contributed by atoms with Crippen LogP contribution in [0.1, 0.15) is 60.2 Å². The second-order valence-electron chi connectivity index (χ2n) is 6.50. The molecule has 2 rings (SSSR count). The molecule has 110 valence electrons. The zero-order chi connectivity index (χ0) is 14.9. The van der Waals surface area contributed by atoms with Crippen LogP contribution in [-0.2, 0) is 0 Å². The van der Waals surface area contributed by atoms with E-state index in [0.717, 1.165) is 16.7 Å². The van der Waals surface area contributed by atoms with Crippen molar-refractivity contribution in [3.8, 4) is 0 Å². The molecule has 20 heavy (non-hydrogen) atoms. The molecule has 0 N–H and O–H groups in total. The van der Waals surface area contributed by atoms with Crippen molar-refractivity contribution in [3.05, 3.63) is 34.4 Å². The van der Waals surface area contributed by atoms with Crippen LogP contribution in [0.4, 0.5) is 0 Å². The van der Waals surface area contributed by atoms with E-state index < -0.39 is 0 Å². The van der Waals surface area contributed by atoms with Crippen molar-refractivity contribution in [2.75, 3.05) is 6.54 Å². The Hall–Kier alpha value is -1.15. The largest absolute Gasteiger partial charge is 0.293 e. The summed E-state index contributed by atoms with van der Waals surface area (Å²) < 4.78 is 0. The number of carbonyl (C=O) groups is 1. The van der Waals surface area contributed by atoms with Crippen molar-refractivity contribution in [1.82, 2.24) is 4.90 Å². The molecule has 2 atom stereocenters. The van der Waals surface area contributed by atoms with E-state index in [9.17, 15) is 4.79 Å². The van der Waals surface area contributed by atoms with Gasteiger partial charge in [0.1, 0.15) is 0 Å². The van der Waals surface area contributed by atoms with Crippen molar-refractivity contribution in [3.63, 3.8) is 0 Å². The maximum Gasteiger partial charge on any atom is 0.177 e. The fourth-order valence-corrected chi connectivity index (χ4v) is 3.65. The van der Waals surface area contributed by atoms with Crippen LogP contribution in [0.25, 0.3) is 0 Å². The first-order chi connectivity index (χ1) is 9.40. The van der Waals surface area contributed by atoms with Crippen LogP contribution < -0.4 is 0 Å². The first-order valence-electron chi connectivity index (χ1n) is 7.77. The highest BCUT2D eigenvalue weighted by Crippen LogP contribution is 2.24. The number of Topliss-reactive ketones (excluding diaryl/α,β-unsaturated/α-hetero) is 1. The average Bonchev–Trinajstić information content (AvgIpc) is 2.32. The average molecular weight is 273 g/mol. The fraction of sp³-hybridized carbons (Fsp3) is 0.611. The van der Waals surface area contributed by atoms with E-state index in [-0.39, 0.29) is 5.78 Å². The fourth-order valence-electron chi connectivity index (χ4n) is 3.65. The normalized spacial score (nSPS) is 23.9. The summed E-state index contributed by atoms with van der Waals surface area (Å²) in [7, 11) is 0. The van der Waals surface area contributed by atoms with Crippen molar-refractivity contribution in [2.45, 2.75) is 66.0 Å². The number of rotatable bonds is 3. The summed E-state index contributed by atoms with van der Waals surface area (Å²) in [5, 5.41) is 0. The second-order valence-corrected chi connectivity index (χ2v) is 6.50. The zero-order valence-corrected chi connectivity index (χ0v) is 13.5. The Labute approximate surface area is 123 Å². The molecule has 1 aromatic carbocycles. The molecule has 1 heterocycles. The minimum absolute atomic E-state index is 0.278. The number of carbonyl (C=O) groups excluding carboxylic acids is 1. The predicted molar refractivity (Wildman–Crippen MR) is 84.5 cm³/mol. The van der Waals surface area contributed by atoms with Crippen LogP contribution in [0.15, 0.2) is 12.1 Å². The summed E-state index contributed by atoms with van der Waals surface area (Å²) in [5.41, 5.74) is 4.39. The summed E-state index contributed by atoms with van der Waals surface area (Å²) in [6.07, 6.45) is 3.71. The Balaban J connectivity index is 2.20. The SMILES string of the molecule is Cc1cc(C)c(C(=O)CN2[C@H](C)CCC[C@@H]2C)c(C)c1. The summed E-state index contributed by atoms with van der Waals surface area (Å²) in [4.78, 5) is 15.1. The standard InChI is InChI=1S/C18H27NO/c1-12-9-13(2)18(14(3)10-12)17(20)11-19-15(4)7-6-8-16(19)5/h9-10,15-16H,6-8,11H2,1-5H3/t15-,16+. The number of piperidine rings is 1. The molecular weight excluding hydrogens is 246 g/mol. The van der Waals surface area contributed by atoms with Gasteiger partial charge in [-0.15, -0.1) is 0 Å². The molecule has 1 aliphatic rings. The lowest BCUT2D eigenvalue weighted by atomic mass is 9.93.